The molecule has 2 aromatic heterocycles. The van der Waals surface area contributed by atoms with E-state index in [9.17, 15) is 9.18 Å². The molecule has 0 aliphatic rings. The fourth-order valence-corrected chi connectivity index (χ4v) is 3.61. The zero-order valence-electron chi connectivity index (χ0n) is 15.1. The summed E-state index contributed by atoms with van der Waals surface area (Å²) in [6, 6.07) is 17.6. The lowest BCUT2D eigenvalue weighted by Gasteiger charge is -2.07. The molecule has 1 amide bonds. The van der Waals surface area contributed by atoms with Crippen LogP contribution in [0.5, 0.6) is 0 Å². The maximum absolute atomic E-state index is 13.0. The van der Waals surface area contributed by atoms with Crippen LogP contribution in [0.25, 0.3) is 16.4 Å². The zero-order chi connectivity index (χ0) is 19.5. The van der Waals surface area contributed by atoms with Crippen LogP contribution in [-0.2, 0) is 11.2 Å². The first-order valence-corrected chi connectivity index (χ1v) is 9.59. The van der Waals surface area contributed by atoms with Crippen molar-refractivity contribution in [2.24, 2.45) is 0 Å². The molecule has 0 aliphatic heterocycles. The Hall–Kier alpha value is -3.32. The van der Waals surface area contributed by atoms with E-state index in [0.717, 1.165) is 22.5 Å². The van der Waals surface area contributed by atoms with E-state index >= 15 is 0 Å². The van der Waals surface area contributed by atoms with Crippen molar-refractivity contribution in [3.63, 3.8) is 0 Å². The standard InChI is InChI=1S/C21H17FN4OS/c1-14-11-19(24-20(27)12-15-7-9-17(22)10-8-15)26(25-14)21-23-18(13-28-21)16-5-3-2-4-6-16/h2-11,13H,12H2,1H3,(H,24,27). The summed E-state index contributed by atoms with van der Waals surface area (Å²) in [5.41, 5.74) is 3.39. The highest BCUT2D eigenvalue weighted by atomic mass is 32.1. The van der Waals surface area contributed by atoms with Crippen molar-refractivity contribution >= 4 is 23.1 Å². The molecule has 2 aromatic carbocycles. The highest BCUT2D eigenvalue weighted by Gasteiger charge is 2.14. The molecule has 0 unspecified atom stereocenters. The fraction of sp³-hybridized carbons (Fsp3) is 0.0952. The van der Waals surface area contributed by atoms with Crippen LogP contribution in [0.15, 0.2) is 66.0 Å². The molecule has 5 nitrogen and oxygen atoms in total. The van der Waals surface area contributed by atoms with Gasteiger partial charge in [0.25, 0.3) is 0 Å². The Bertz CT molecular complexity index is 1100. The molecule has 0 bridgehead atoms. The summed E-state index contributed by atoms with van der Waals surface area (Å²) >= 11 is 1.45. The van der Waals surface area contributed by atoms with Crippen LogP contribution < -0.4 is 5.32 Å². The van der Waals surface area contributed by atoms with Crippen molar-refractivity contribution in [3.8, 4) is 16.4 Å². The molecule has 7 heteroatoms. The van der Waals surface area contributed by atoms with Crippen LogP contribution in [0.2, 0.25) is 0 Å². The number of thiazole rings is 1. The third-order valence-corrected chi connectivity index (χ3v) is 4.94. The van der Waals surface area contributed by atoms with E-state index in [0.29, 0.717) is 10.9 Å². The van der Waals surface area contributed by atoms with Crippen molar-refractivity contribution in [3.05, 3.63) is 83.1 Å². The number of carbonyl (C=O) groups is 1. The van der Waals surface area contributed by atoms with Crippen LogP contribution in [0.4, 0.5) is 10.2 Å². The highest BCUT2D eigenvalue weighted by molar-refractivity contribution is 7.12. The number of nitrogens with zero attached hydrogens (tertiary/aromatic N) is 3. The molecular weight excluding hydrogens is 375 g/mol. The van der Waals surface area contributed by atoms with E-state index in [-0.39, 0.29) is 18.1 Å². The van der Waals surface area contributed by atoms with E-state index in [1.165, 1.54) is 23.5 Å². The molecule has 0 aliphatic carbocycles. The number of carbonyl (C=O) groups excluding carboxylic acids is 1. The lowest BCUT2D eigenvalue weighted by Crippen LogP contribution is -2.17. The van der Waals surface area contributed by atoms with Gasteiger partial charge in [-0.25, -0.2) is 9.37 Å². The van der Waals surface area contributed by atoms with Crippen molar-refractivity contribution < 1.29 is 9.18 Å². The van der Waals surface area contributed by atoms with Gasteiger partial charge in [-0.3, -0.25) is 4.79 Å². The van der Waals surface area contributed by atoms with Crippen LogP contribution in [0, 0.1) is 12.7 Å². The van der Waals surface area contributed by atoms with Gasteiger partial charge in [0.2, 0.25) is 11.0 Å². The SMILES string of the molecule is Cc1cc(NC(=O)Cc2ccc(F)cc2)n(-c2nc(-c3ccccc3)cs2)n1. The van der Waals surface area contributed by atoms with E-state index in [1.54, 1.807) is 22.9 Å². The average Bonchev–Trinajstić information content (AvgIpc) is 3.31. The van der Waals surface area contributed by atoms with Crippen LogP contribution >= 0.6 is 11.3 Å². The summed E-state index contributed by atoms with van der Waals surface area (Å²) in [4.78, 5) is 17.1. The fourth-order valence-electron chi connectivity index (χ4n) is 2.81. The van der Waals surface area contributed by atoms with Gasteiger partial charge in [0.05, 0.1) is 17.8 Å². The van der Waals surface area contributed by atoms with Gasteiger partial charge in [0.15, 0.2) is 0 Å². The van der Waals surface area contributed by atoms with E-state index < -0.39 is 0 Å². The first-order chi connectivity index (χ1) is 13.6. The number of amides is 1. The van der Waals surface area contributed by atoms with Gasteiger partial charge in [-0.1, -0.05) is 42.5 Å². The Labute approximate surface area is 165 Å². The first-order valence-electron chi connectivity index (χ1n) is 8.71. The van der Waals surface area contributed by atoms with Crippen LogP contribution in [0.3, 0.4) is 0 Å². The smallest absolute Gasteiger partial charge is 0.229 e. The van der Waals surface area contributed by atoms with Crippen LogP contribution in [-0.4, -0.2) is 20.7 Å². The van der Waals surface area contributed by atoms with Gasteiger partial charge < -0.3 is 5.32 Å². The summed E-state index contributed by atoms with van der Waals surface area (Å²) in [6.45, 7) is 1.86. The van der Waals surface area contributed by atoms with Crippen molar-refractivity contribution in [1.82, 2.24) is 14.8 Å². The topological polar surface area (TPSA) is 59.8 Å². The summed E-state index contributed by atoms with van der Waals surface area (Å²) in [5.74, 6) is 0.0296. The summed E-state index contributed by atoms with van der Waals surface area (Å²) < 4.78 is 14.7. The second kappa shape index (κ2) is 7.74. The van der Waals surface area contributed by atoms with Gasteiger partial charge >= 0.3 is 0 Å². The van der Waals surface area contributed by atoms with Gasteiger partial charge in [-0.15, -0.1) is 11.3 Å². The van der Waals surface area contributed by atoms with E-state index in [2.05, 4.69) is 15.4 Å². The maximum atomic E-state index is 13.0. The minimum absolute atomic E-state index is 0.150. The normalized spacial score (nSPS) is 10.8. The Morgan fingerprint density at radius 3 is 2.64 bits per heavy atom. The summed E-state index contributed by atoms with van der Waals surface area (Å²) in [6.07, 6.45) is 0.150. The molecule has 0 fully saturated rings. The van der Waals surface area contributed by atoms with Crippen molar-refractivity contribution in [2.75, 3.05) is 5.32 Å². The molecule has 0 saturated heterocycles. The number of nitrogens with one attached hydrogen (secondary N) is 1. The molecule has 0 spiro atoms. The molecule has 4 aromatic rings. The number of aryl methyl sites for hydroxylation is 1. The van der Waals surface area contributed by atoms with Crippen molar-refractivity contribution in [2.45, 2.75) is 13.3 Å². The number of hydrogen-bond donors (Lipinski definition) is 1. The average molecular weight is 392 g/mol. The van der Waals surface area contributed by atoms with Gasteiger partial charge in [-0.05, 0) is 24.6 Å². The largest absolute Gasteiger partial charge is 0.310 e. The number of aromatic nitrogens is 3. The summed E-state index contributed by atoms with van der Waals surface area (Å²) in [5, 5.41) is 9.97. The number of rotatable bonds is 5. The number of hydrogen-bond acceptors (Lipinski definition) is 4. The third kappa shape index (κ3) is 3.99. The first kappa shape index (κ1) is 18.1. The Balaban J connectivity index is 1.55. The third-order valence-electron chi connectivity index (χ3n) is 4.12. The predicted molar refractivity (Wildman–Crippen MR) is 108 cm³/mol. The molecule has 0 saturated carbocycles. The second-order valence-corrected chi connectivity index (χ2v) is 7.15. The van der Waals surface area contributed by atoms with Crippen LogP contribution in [0.1, 0.15) is 11.3 Å². The lowest BCUT2D eigenvalue weighted by atomic mass is 10.1. The molecule has 0 atom stereocenters. The number of halogens is 1. The highest BCUT2D eigenvalue weighted by Crippen LogP contribution is 2.26. The predicted octanol–water partition coefficient (Wildman–Crippen LogP) is 4.62. The minimum atomic E-state index is -0.323. The number of benzene rings is 2. The van der Waals surface area contributed by atoms with Gasteiger partial charge in [0.1, 0.15) is 11.6 Å². The Morgan fingerprint density at radius 2 is 1.89 bits per heavy atom. The molecular formula is C21H17FN4OS. The Kier molecular flexibility index (Phi) is 4.99. The lowest BCUT2D eigenvalue weighted by molar-refractivity contribution is -0.115. The second-order valence-electron chi connectivity index (χ2n) is 6.32. The molecule has 140 valence electrons. The maximum Gasteiger partial charge on any atom is 0.229 e. The van der Waals surface area contributed by atoms with Crippen molar-refractivity contribution in [1.29, 1.82) is 0 Å². The molecule has 28 heavy (non-hydrogen) atoms. The molecule has 4 rings (SSSR count). The monoisotopic (exact) mass is 392 g/mol. The molecule has 1 N–H and O–H groups in total. The zero-order valence-corrected chi connectivity index (χ0v) is 15.9. The Morgan fingerprint density at radius 1 is 1.14 bits per heavy atom. The molecule has 2 heterocycles. The van der Waals surface area contributed by atoms with E-state index in [4.69, 9.17) is 0 Å². The number of anilines is 1. The quantitative estimate of drug-likeness (QED) is 0.539. The van der Waals surface area contributed by atoms with Gasteiger partial charge in [-0.2, -0.15) is 9.78 Å². The molecule has 0 radical (unpaired) electrons. The van der Waals surface area contributed by atoms with E-state index in [1.807, 2.05) is 42.6 Å². The summed E-state index contributed by atoms with van der Waals surface area (Å²) in [7, 11) is 0. The van der Waals surface area contributed by atoms with Gasteiger partial charge in [0, 0.05) is 17.0 Å². The minimum Gasteiger partial charge on any atom is -0.310 e.